The summed E-state index contributed by atoms with van der Waals surface area (Å²) < 4.78 is 0. The Hall–Kier alpha value is -3.54. The molecule has 1 N–H and O–H groups in total. The van der Waals surface area contributed by atoms with E-state index in [0.717, 1.165) is 27.1 Å². The molecule has 1 unspecified atom stereocenters. The Labute approximate surface area is 306 Å². The molecular formula is C40H27IrNO2PS3-. The molecule has 6 aromatic carbocycles. The zero-order valence-electron chi connectivity index (χ0n) is 25.9. The maximum Gasteiger partial charge on any atom is 0.155 e. The molecule has 48 heavy (non-hydrogen) atoms. The Morgan fingerprint density at radius 2 is 1.27 bits per heavy atom. The maximum absolute atomic E-state index is 10.0. The number of nitrogens with zero attached hydrogens (tertiary/aromatic N) is 1. The molecule has 0 spiro atoms. The van der Waals surface area contributed by atoms with Gasteiger partial charge >= 0.3 is 0 Å². The van der Waals surface area contributed by atoms with Crippen LogP contribution in [0.5, 0.6) is 0 Å². The van der Waals surface area contributed by atoms with E-state index in [1.165, 1.54) is 72.1 Å². The molecule has 3 heterocycles. The van der Waals surface area contributed by atoms with Gasteiger partial charge in [-0.3, -0.25) is 9.78 Å². The molecule has 0 saturated carbocycles. The molecule has 1 atom stereocenters. The Bertz CT molecular complexity index is 2410. The van der Waals surface area contributed by atoms with E-state index in [4.69, 9.17) is 21.9 Å². The van der Waals surface area contributed by atoms with Crippen LogP contribution in [0.25, 0.3) is 43.7 Å². The van der Waals surface area contributed by atoms with Gasteiger partial charge in [0, 0.05) is 52.6 Å². The zero-order valence-corrected chi connectivity index (χ0v) is 31.6. The molecule has 1 aromatic heterocycles. The Kier molecular flexibility index (Phi) is 8.97. The van der Waals surface area contributed by atoms with Crippen LogP contribution in [0.1, 0.15) is 13.8 Å². The van der Waals surface area contributed by atoms with Crippen LogP contribution < -0.4 is 15.9 Å². The van der Waals surface area contributed by atoms with Gasteiger partial charge in [0.1, 0.15) is 0 Å². The van der Waals surface area contributed by atoms with Gasteiger partial charge in [-0.15, -0.1) is 41.2 Å². The maximum atomic E-state index is 10.0. The van der Waals surface area contributed by atoms with Crippen molar-refractivity contribution in [2.45, 2.75) is 33.4 Å². The first-order valence-electron chi connectivity index (χ1n) is 15.2. The molecule has 237 valence electrons. The number of ketones is 1. The number of benzene rings is 6. The van der Waals surface area contributed by atoms with Gasteiger partial charge in [0.15, 0.2) is 5.78 Å². The fourth-order valence-corrected chi connectivity index (χ4v) is 15.5. The van der Waals surface area contributed by atoms with Gasteiger partial charge in [0.25, 0.3) is 0 Å². The zero-order chi connectivity index (χ0) is 32.3. The van der Waals surface area contributed by atoms with Gasteiger partial charge in [-0.1, -0.05) is 106 Å². The predicted octanol–water partition coefficient (Wildman–Crippen LogP) is 9.73. The largest absolute Gasteiger partial charge is 0.512 e. The minimum absolute atomic E-state index is 0. The minimum Gasteiger partial charge on any atom is -0.512 e. The van der Waals surface area contributed by atoms with Gasteiger partial charge in [-0.25, -0.2) is 0 Å². The van der Waals surface area contributed by atoms with Gasteiger partial charge in [-0.05, 0) is 76.8 Å². The number of para-hydroxylation sites is 1. The Balaban J connectivity index is 0.000000415. The van der Waals surface area contributed by atoms with Crippen molar-refractivity contribution in [2.24, 2.45) is 0 Å². The summed E-state index contributed by atoms with van der Waals surface area (Å²) in [5.41, 5.74) is 2.97. The molecule has 0 bridgehead atoms. The van der Waals surface area contributed by atoms with Crippen LogP contribution in [0.3, 0.4) is 0 Å². The fraction of sp³-hybridized carbons (Fsp3) is 0.0500. The first kappa shape index (κ1) is 33.0. The number of aliphatic hydroxyl groups is 1. The Morgan fingerprint density at radius 3 is 1.83 bits per heavy atom. The third-order valence-corrected chi connectivity index (χ3v) is 16.0. The molecule has 1 radical (unpaired) electrons. The van der Waals surface area contributed by atoms with Crippen molar-refractivity contribution in [1.82, 2.24) is 4.98 Å². The van der Waals surface area contributed by atoms with Crippen LogP contribution in [0, 0.1) is 6.07 Å². The molecule has 8 heteroatoms. The molecule has 0 saturated heterocycles. The van der Waals surface area contributed by atoms with Crippen LogP contribution in [0.4, 0.5) is 0 Å². The monoisotopic (exact) mass is 873 g/mol. The van der Waals surface area contributed by atoms with E-state index in [9.17, 15) is 4.79 Å². The molecule has 7 aromatic rings. The Morgan fingerprint density at radius 1 is 0.729 bits per heavy atom. The van der Waals surface area contributed by atoms with Crippen molar-refractivity contribution >= 4 is 95.5 Å². The van der Waals surface area contributed by atoms with Crippen LogP contribution >= 0.6 is 29.6 Å². The first-order valence-corrected chi connectivity index (χ1v) is 19.6. The van der Waals surface area contributed by atoms with Gasteiger partial charge in [0.05, 0.1) is 11.3 Å². The van der Waals surface area contributed by atoms with Gasteiger partial charge < -0.3 is 5.11 Å². The normalized spacial score (nSPS) is 15.8. The SMILES string of the molecule is CC(=O)/C=C(/C)O.S=P12c3cc4ccccc4cc3Sc3[c-]c(-c4ccc5ccccc5n4)cc(c31)Sc1cc3ccccc3cc12.[Ir]. The minimum atomic E-state index is -2.33. The second kappa shape index (κ2) is 13.1. The summed E-state index contributed by atoms with van der Waals surface area (Å²) in [6.45, 7) is 2.85. The summed E-state index contributed by atoms with van der Waals surface area (Å²) in [4.78, 5) is 20.0. The second-order valence-corrected chi connectivity index (χ2v) is 18.1. The number of pyridine rings is 1. The van der Waals surface area contributed by atoms with E-state index < -0.39 is 6.04 Å². The number of carbonyl (C=O) groups is 1. The van der Waals surface area contributed by atoms with Crippen molar-refractivity contribution in [3.8, 4) is 11.3 Å². The van der Waals surface area contributed by atoms with Crippen molar-refractivity contribution in [3.05, 3.63) is 133 Å². The number of aliphatic hydroxyl groups excluding tert-OH is 1. The molecule has 9 rings (SSSR count). The van der Waals surface area contributed by atoms with Gasteiger partial charge in [-0.2, -0.15) is 0 Å². The third kappa shape index (κ3) is 5.77. The van der Waals surface area contributed by atoms with E-state index >= 15 is 0 Å². The third-order valence-electron chi connectivity index (χ3n) is 8.34. The molecule has 3 nitrogen and oxygen atoms in total. The standard InChI is InChI=1S/C35H19NPS3.C5H8O2.Ir/c38-37-29-15-22-8-1-3-10-24(22)17-31(29)39-33-19-26(28-14-13-21-7-5-6-12-27(21)36-28)20-34(35(33)37)40-32-18-25-11-4-2-9-23(25)16-30(32)37;1-4(6)3-5(2)7;/h1-19H;3,6H,1-2H3;/q-1;;/b;4-3-;. The quantitative estimate of drug-likeness (QED) is 0.0809. The van der Waals surface area contributed by atoms with E-state index in [-0.39, 0.29) is 31.6 Å². The van der Waals surface area contributed by atoms with Crippen molar-refractivity contribution in [1.29, 1.82) is 0 Å². The number of fused-ring (bicyclic) bond motifs is 7. The summed E-state index contributed by atoms with van der Waals surface area (Å²) in [6.07, 6.45) is 1.17. The summed E-state index contributed by atoms with van der Waals surface area (Å²) in [6, 6.07) is 43.0. The van der Waals surface area contributed by atoms with Crippen molar-refractivity contribution in [2.75, 3.05) is 0 Å². The number of hydrogen-bond donors (Lipinski definition) is 1. The van der Waals surface area contributed by atoms with E-state index in [1.54, 1.807) is 0 Å². The summed E-state index contributed by atoms with van der Waals surface area (Å²) in [5.74, 6) is -0.0625. The molecule has 2 aliphatic heterocycles. The van der Waals surface area contributed by atoms with Crippen LogP contribution in [-0.4, -0.2) is 15.9 Å². The predicted molar refractivity (Wildman–Crippen MR) is 202 cm³/mol. The van der Waals surface area contributed by atoms with Crippen molar-refractivity contribution < 1.29 is 30.0 Å². The summed E-state index contributed by atoms with van der Waals surface area (Å²) in [5, 5.41) is 18.4. The van der Waals surface area contributed by atoms with Crippen LogP contribution in [-0.2, 0) is 36.7 Å². The number of carbonyl (C=O) groups excluding carboxylic acids is 1. The number of rotatable bonds is 2. The van der Waals surface area contributed by atoms with E-state index in [2.05, 4.69) is 115 Å². The average molecular weight is 873 g/mol. The van der Waals surface area contributed by atoms with E-state index in [0.29, 0.717) is 0 Å². The smallest absolute Gasteiger partial charge is 0.155 e. The number of aromatic nitrogens is 1. The molecule has 0 aliphatic carbocycles. The van der Waals surface area contributed by atoms with Crippen molar-refractivity contribution in [3.63, 3.8) is 0 Å². The molecule has 0 amide bonds. The average Bonchev–Trinajstić information content (AvgIpc) is 3.06. The fourth-order valence-electron chi connectivity index (χ4n) is 6.30. The molecule has 2 aliphatic rings. The van der Waals surface area contributed by atoms with Crippen LogP contribution in [0.2, 0.25) is 0 Å². The first-order chi connectivity index (χ1) is 22.8. The summed E-state index contributed by atoms with van der Waals surface area (Å²) >= 11 is 10.6. The molecular weight excluding hydrogens is 846 g/mol. The number of allylic oxidation sites excluding steroid dienone is 2. The topological polar surface area (TPSA) is 50.2 Å². The number of hydrogen-bond acceptors (Lipinski definition) is 6. The van der Waals surface area contributed by atoms with Gasteiger partial charge in [0.2, 0.25) is 0 Å². The van der Waals surface area contributed by atoms with Crippen LogP contribution in [0.15, 0.2) is 147 Å². The summed E-state index contributed by atoms with van der Waals surface area (Å²) in [7, 11) is 0. The van der Waals surface area contributed by atoms with E-state index in [1.807, 2.05) is 29.6 Å². The second-order valence-electron chi connectivity index (χ2n) is 11.7. The molecule has 0 fully saturated rings.